The van der Waals surface area contributed by atoms with Crippen molar-refractivity contribution in [2.45, 2.75) is 26.6 Å². The summed E-state index contributed by atoms with van der Waals surface area (Å²) in [6, 6.07) is 15.3. The van der Waals surface area contributed by atoms with E-state index in [-0.39, 0.29) is 19.2 Å². The number of rotatable bonds is 9. The summed E-state index contributed by atoms with van der Waals surface area (Å²) in [5.74, 6) is 2.88. The maximum Gasteiger partial charge on any atom is 0.231 e. The lowest BCUT2D eigenvalue weighted by Crippen LogP contribution is -2.13. The fourth-order valence-corrected chi connectivity index (χ4v) is 4.38. The Kier molecular flexibility index (Phi) is 9.41. The number of hydrogen-bond donors (Lipinski definition) is 1. The van der Waals surface area contributed by atoms with Crippen molar-refractivity contribution in [1.29, 1.82) is 0 Å². The van der Waals surface area contributed by atoms with Gasteiger partial charge in [0.15, 0.2) is 23.0 Å². The van der Waals surface area contributed by atoms with E-state index in [1.807, 2.05) is 43.3 Å². The van der Waals surface area contributed by atoms with Crippen LogP contribution in [0.3, 0.4) is 0 Å². The first-order valence-electron chi connectivity index (χ1n) is 10.1. The third kappa shape index (κ3) is 6.61. The molecule has 0 radical (unpaired) electrons. The Morgan fingerprint density at radius 1 is 0.939 bits per heavy atom. The molecule has 1 heterocycles. The van der Waals surface area contributed by atoms with Crippen molar-refractivity contribution in [3.05, 3.63) is 79.7 Å². The summed E-state index contributed by atoms with van der Waals surface area (Å²) < 4.78 is 23.5. The van der Waals surface area contributed by atoms with Crippen molar-refractivity contribution in [2.75, 3.05) is 13.4 Å². The molecule has 1 aliphatic rings. The SMILES string of the molecule is CCOc1cc(CNCc2ccc3c(c2)OCO3)cc(Br)c1OCc1ccc(Cl)cc1Cl.Cl. The van der Waals surface area contributed by atoms with Gasteiger partial charge >= 0.3 is 0 Å². The van der Waals surface area contributed by atoms with Crippen LogP contribution in [0.1, 0.15) is 23.6 Å². The quantitative estimate of drug-likeness (QED) is 0.293. The van der Waals surface area contributed by atoms with E-state index < -0.39 is 0 Å². The zero-order valence-electron chi connectivity index (χ0n) is 17.8. The number of ether oxygens (including phenoxy) is 4. The molecule has 5 nitrogen and oxygen atoms in total. The van der Waals surface area contributed by atoms with Crippen LogP contribution < -0.4 is 24.3 Å². The minimum Gasteiger partial charge on any atom is -0.490 e. The Hall–Kier alpha value is -1.83. The highest BCUT2D eigenvalue weighted by atomic mass is 79.9. The first kappa shape index (κ1) is 25.8. The average Bonchev–Trinajstić information content (AvgIpc) is 3.22. The van der Waals surface area contributed by atoms with Crippen LogP contribution in [-0.4, -0.2) is 13.4 Å². The Bertz CT molecular complexity index is 1110. The summed E-state index contributed by atoms with van der Waals surface area (Å²) in [6.07, 6.45) is 0. The van der Waals surface area contributed by atoms with Gasteiger partial charge in [0.2, 0.25) is 6.79 Å². The second-order valence-electron chi connectivity index (χ2n) is 7.15. The molecule has 0 amide bonds. The third-order valence-electron chi connectivity index (χ3n) is 4.85. The number of benzene rings is 3. The van der Waals surface area contributed by atoms with Gasteiger partial charge in [0.05, 0.1) is 11.1 Å². The lowest BCUT2D eigenvalue weighted by Gasteiger charge is -2.16. The van der Waals surface area contributed by atoms with E-state index >= 15 is 0 Å². The standard InChI is InChI=1S/C24H22BrCl2NO4.ClH/c1-2-29-23-9-16(12-28-11-15-3-6-21-22(8-15)32-14-31-21)7-19(25)24(23)30-13-17-4-5-18(26)10-20(17)27;/h3-10,28H,2,11-14H2,1H3;1H. The molecule has 3 aromatic rings. The summed E-state index contributed by atoms with van der Waals surface area (Å²) >= 11 is 15.9. The van der Waals surface area contributed by atoms with Gasteiger partial charge < -0.3 is 24.3 Å². The Labute approximate surface area is 217 Å². The van der Waals surface area contributed by atoms with Gasteiger partial charge in [-0.2, -0.15) is 0 Å². The van der Waals surface area contributed by atoms with E-state index in [1.165, 1.54) is 0 Å². The molecule has 0 aromatic heterocycles. The number of nitrogens with one attached hydrogen (secondary N) is 1. The summed E-state index contributed by atoms with van der Waals surface area (Å²) in [5.41, 5.74) is 3.04. The molecule has 4 rings (SSSR count). The van der Waals surface area contributed by atoms with Gasteiger partial charge in [0.1, 0.15) is 6.61 Å². The lowest BCUT2D eigenvalue weighted by atomic mass is 10.1. The molecule has 0 fully saturated rings. The molecule has 1 aliphatic heterocycles. The minimum atomic E-state index is 0. The van der Waals surface area contributed by atoms with Gasteiger partial charge in [-0.15, -0.1) is 12.4 Å². The van der Waals surface area contributed by atoms with E-state index in [9.17, 15) is 0 Å². The molecule has 9 heteroatoms. The number of fused-ring (bicyclic) bond motifs is 1. The fraction of sp³-hybridized carbons (Fsp3) is 0.250. The van der Waals surface area contributed by atoms with Crippen molar-refractivity contribution in [2.24, 2.45) is 0 Å². The molecule has 3 aromatic carbocycles. The van der Waals surface area contributed by atoms with Gasteiger partial charge in [-0.1, -0.05) is 35.3 Å². The second-order valence-corrected chi connectivity index (χ2v) is 8.85. The molecule has 0 aliphatic carbocycles. The van der Waals surface area contributed by atoms with Gasteiger partial charge in [-0.3, -0.25) is 0 Å². The molecule has 33 heavy (non-hydrogen) atoms. The Morgan fingerprint density at radius 3 is 2.52 bits per heavy atom. The molecule has 0 unspecified atom stereocenters. The van der Waals surface area contributed by atoms with Crippen molar-refractivity contribution >= 4 is 51.5 Å². The molecule has 0 atom stereocenters. The van der Waals surface area contributed by atoms with Crippen LogP contribution in [0.4, 0.5) is 0 Å². The van der Waals surface area contributed by atoms with Gasteiger partial charge in [-0.05, 0) is 70.4 Å². The highest BCUT2D eigenvalue weighted by Gasteiger charge is 2.15. The van der Waals surface area contributed by atoms with Crippen LogP contribution in [0, 0.1) is 0 Å². The van der Waals surface area contributed by atoms with Crippen LogP contribution in [-0.2, 0) is 19.7 Å². The smallest absolute Gasteiger partial charge is 0.231 e. The molecular formula is C24H23BrCl3NO4. The number of halogens is 4. The van der Waals surface area contributed by atoms with Gasteiger partial charge in [0.25, 0.3) is 0 Å². The predicted molar refractivity (Wildman–Crippen MR) is 136 cm³/mol. The summed E-state index contributed by atoms with van der Waals surface area (Å²) in [4.78, 5) is 0. The average molecular weight is 576 g/mol. The zero-order valence-corrected chi connectivity index (χ0v) is 21.7. The van der Waals surface area contributed by atoms with Crippen molar-refractivity contribution < 1.29 is 18.9 Å². The van der Waals surface area contributed by atoms with Crippen LogP contribution in [0.25, 0.3) is 0 Å². The first-order valence-corrected chi connectivity index (χ1v) is 11.7. The van der Waals surface area contributed by atoms with E-state index in [1.54, 1.807) is 12.1 Å². The van der Waals surface area contributed by atoms with Crippen LogP contribution in [0.2, 0.25) is 10.0 Å². The fourth-order valence-electron chi connectivity index (χ4n) is 3.32. The normalized spacial score (nSPS) is 11.8. The minimum absolute atomic E-state index is 0. The first-order chi connectivity index (χ1) is 15.5. The molecular weight excluding hydrogens is 553 g/mol. The topological polar surface area (TPSA) is 49.0 Å². The Morgan fingerprint density at radius 2 is 1.73 bits per heavy atom. The second kappa shape index (κ2) is 12.0. The van der Waals surface area contributed by atoms with Crippen LogP contribution in [0.5, 0.6) is 23.0 Å². The maximum atomic E-state index is 6.27. The van der Waals surface area contributed by atoms with Crippen molar-refractivity contribution in [1.82, 2.24) is 5.32 Å². The van der Waals surface area contributed by atoms with Gasteiger partial charge in [-0.25, -0.2) is 0 Å². The van der Waals surface area contributed by atoms with Crippen LogP contribution >= 0.6 is 51.5 Å². The van der Waals surface area contributed by atoms with Crippen LogP contribution in [0.15, 0.2) is 53.0 Å². The molecule has 0 spiro atoms. The summed E-state index contributed by atoms with van der Waals surface area (Å²) in [5, 5.41) is 4.61. The van der Waals surface area contributed by atoms with E-state index in [2.05, 4.69) is 21.2 Å². The Balaban J connectivity index is 0.00000306. The largest absolute Gasteiger partial charge is 0.490 e. The van der Waals surface area contributed by atoms with Crippen molar-refractivity contribution in [3.63, 3.8) is 0 Å². The summed E-state index contributed by atoms with van der Waals surface area (Å²) in [7, 11) is 0. The van der Waals surface area contributed by atoms with Gasteiger partial charge in [0, 0.05) is 28.7 Å². The molecule has 1 N–H and O–H groups in total. The molecule has 0 saturated heterocycles. The lowest BCUT2D eigenvalue weighted by molar-refractivity contribution is 0.174. The number of hydrogen-bond acceptors (Lipinski definition) is 5. The van der Waals surface area contributed by atoms with E-state index in [4.69, 9.17) is 42.1 Å². The highest BCUT2D eigenvalue weighted by molar-refractivity contribution is 9.10. The summed E-state index contributed by atoms with van der Waals surface area (Å²) in [6.45, 7) is 4.41. The molecule has 0 bridgehead atoms. The van der Waals surface area contributed by atoms with E-state index in [0.29, 0.717) is 47.8 Å². The maximum absolute atomic E-state index is 6.27. The van der Waals surface area contributed by atoms with Crippen molar-refractivity contribution in [3.8, 4) is 23.0 Å². The van der Waals surface area contributed by atoms with E-state index in [0.717, 1.165) is 32.7 Å². The highest BCUT2D eigenvalue weighted by Crippen LogP contribution is 2.38. The molecule has 176 valence electrons. The monoisotopic (exact) mass is 573 g/mol. The molecule has 0 saturated carbocycles. The third-order valence-corrected chi connectivity index (χ3v) is 6.03. The predicted octanol–water partition coefficient (Wildman–Crippen LogP) is 7.17. The zero-order chi connectivity index (χ0) is 22.5.